The first kappa shape index (κ1) is 20.0. The zero-order chi connectivity index (χ0) is 21.9. The number of fused-ring (bicyclic) bond motifs is 1. The van der Waals surface area contributed by atoms with Crippen molar-refractivity contribution in [3.8, 4) is 5.69 Å². The summed E-state index contributed by atoms with van der Waals surface area (Å²) < 4.78 is 1.92. The van der Waals surface area contributed by atoms with Crippen LogP contribution in [0.15, 0.2) is 84.9 Å². The predicted molar refractivity (Wildman–Crippen MR) is 125 cm³/mol. The number of benzene rings is 3. The average Bonchev–Trinajstić information content (AvgIpc) is 3.01. The van der Waals surface area contributed by atoms with E-state index in [-0.39, 0.29) is 16.5 Å². The molecule has 6 nitrogen and oxygen atoms in total. The van der Waals surface area contributed by atoms with Gasteiger partial charge in [0.15, 0.2) is 0 Å². The first-order chi connectivity index (χ1) is 15.7. The van der Waals surface area contributed by atoms with Crippen LogP contribution in [0.1, 0.15) is 41.1 Å². The normalized spacial score (nSPS) is 13.3. The molecule has 1 aromatic heterocycles. The van der Waals surface area contributed by atoms with Crippen LogP contribution in [-0.4, -0.2) is 21.2 Å². The molecule has 4 aromatic rings. The van der Waals surface area contributed by atoms with Gasteiger partial charge in [0.05, 0.1) is 22.2 Å². The number of hydrogen-bond donors (Lipinski definition) is 1. The number of non-ortho nitro benzene ring substituents is 1. The molecule has 1 aliphatic rings. The number of nitro benzene ring substituents is 1. The maximum absolute atomic E-state index is 11.1. The number of nitrogens with one attached hydrogen (secondary N) is 1. The van der Waals surface area contributed by atoms with E-state index in [0.717, 1.165) is 43.0 Å². The number of nitrogens with zero attached hydrogens (tertiary/aromatic N) is 3. The van der Waals surface area contributed by atoms with Gasteiger partial charge in [-0.15, -0.1) is 0 Å². The summed E-state index contributed by atoms with van der Waals surface area (Å²) in [5.74, 6) is 0.994. The topological polar surface area (TPSA) is 73.0 Å². The monoisotopic (exact) mass is 424 g/mol. The summed E-state index contributed by atoms with van der Waals surface area (Å²) in [6, 6.07) is 27.5. The van der Waals surface area contributed by atoms with Crippen molar-refractivity contribution in [3.05, 3.63) is 117 Å². The fourth-order valence-corrected chi connectivity index (χ4v) is 4.46. The van der Waals surface area contributed by atoms with Gasteiger partial charge in [0.1, 0.15) is 5.82 Å². The highest BCUT2D eigenvalue weighted by atomic mass is 16.6. The molecule has 0 saturated carbocycles. The molecule has 0 radical (unpaired) electrons. The average molecular weight is 425 g/mol. The summed E-state index contributed by atoms with van der Waals surface area (Å²) in [6.45, 7) is 0.881. The molecule has 6 heteroatoms. The molecule has 0 fully saturated rings. The molecular weight excluding hydrogens is 400 g/mol. The number of rotatable bonds is 5. The standard InChI is InChI=1S/C26H24N4O2/c31-30(32)22-16-14-21(15-17-22)29-26-23(13-7-8-18-27-26)25(28-29)24(19-9-3-1-4-10-19)20-11-5-2-6-12-20/h1-6,9-12,14-17,24,27H,7-8,13,18H2. The molecule has 5 rings (SSSR count). The lowest BCUT2D eigenvalue weighted by Gasteiger charge is -2.18. The number of aromatic nitrogens is 2. The lowest BCUT2D eigenvalue weighted by molar-refractivity contribution is -0.384. The van der Waals surface area contributed by atoms with Gasteiger partial charge in [0.2, 0.25) is 0 Å². The Morgan fingerprint density at radius 3 is 2.09 bits per heavy atom. The lowest BCUT2D eigenvalue weighted by Crippen LogP contribution is -2.08. The van der Waals surface area contributed by atoms with Crippen molar-refractivity contribution >= 4 is 11.5 Å². The second kappa shape index (κ2) is 8.67. The third-order valence-electron chi connectivity index (χ3n) is 6.00. The van der Waals surface area contributed by atoms with E-state index in [1.165, 1.54) is 28.8 Å². The third kappa shape index (κ3) is 3.75. The zero-order valence-electron chi connectivity index (χ0n) is 17.6. The van der Waals surface area contributed by atoms with Crippen LogP contribution in [0.2, 0.25) is 0 Å². The molecule has 0 bridgehead atoms. The molecule has 0 atom stereocenters. The van der Waals surface area contributed by atoms with Gasteiger partial charge in [-0.3, -0.25) is 10.1 Å². The van der Waals surface area contributed by atoms with Crippen molar-refractivity contribution in [1.82, 2.24) is 9.78 Å². The van der Waals surface area contributed by atoms with Gasteiger partial charge >= 0.3 is 0 Å². The maximum atomic E-state index is 11.1. The first-order valence-electron chi connectivity index (χ1n) is 10.9. The summed E-state index contributed by atoms with van der Waals surface area (Å²) in [5, 5.41) is 19.8. The van der Waals surface area contributed by atoms with Gasteiger partial charge in [-0.05, 0) is 42.5 Å². The Kier molecular flexibility index (Phi) is 5.42. The van der Waals surface area contributed by atoms with E-state index < -0.39 is 0 Å². The van der Waals surface area contributed by atoms with E-state index in [0.29, 0.717) is 0 Å². The van der Waals surface area contributed by atoms with Crippen molar-refractivity contribution in [2.45, 2.75) is 25.2 Å². The van der Waals surface area contributed by atoms with E-state index in [1.54, 1.807) is 12.1 Å². The van der Waals surface area contributed by atoms with Gasteiger partial charge < -0.3 is 5.32 Å². The van der Waals surface area contributed by atoms with Crippen molar-refractivity contribution < 1.29 is 4.92 Å². The van der Waals surface area contributed by atoms with E-state index in [9.17, 15) is 10.1 Å². The molecule has 160 valence electrons. The number of anilines is 1. The Labute approximate surface area is 186 Å². The van der Waals surface area contributed by atoms with E-state index in [1.807, 2.05) is 16.8 Å². The summed E-state index contributed by atoms with van der Waals surface area (Å²) in [7, 11) is 0. The van der Waals surface area contributed by atoms with Gasteiger partial charge in [0.25, 0.3) is 5.69 Å². The quantitative estimate of drug-likeness (QED) is 0.329. The highest BCUT2D eigenvalue weighted by molar-refractivity contribution is 5.58. The molecule has 32 heavy (non-hydrogen) atoms. The van der Waals surface area contributed by atoms with Gasteiger partial charge in [0, 0.05) is 24.2 Å². The fourth-order valence-electron chi connectivity index (χ4n) is 4.46. The van der Waals surface area contributed by atoms with Crippen LogP contribution >= 0.6 is 0 Å². The first-order valence-corrected chi connectivity index (χ1v) is 10.9. The number of nitro groups is 1. The van der Waals surface area contributed by atoms with E-state index in [4.69, 9.17) is 5.10 Å². The second-order valence-corrected chi connectivity index (χ2v) is 8.04. The van der Waals surface area contributed by atoms with Crippen LogP contribution in [-0.2, 0) is 6.42 Å². The van der Waals surface area contributed by atoms with Gasteiger partial charge in [-0.1, -0.05) is 60.7 Å². The lowest BCUT2D eigenvalue weighted by atomic mass is 9.86. The Balaban J connectivity index is 1.70. The zero-order valence-corrected chi connectivity index (χ0v) is 17.6. The Bertz CT molecular complexity index is 1180. The summed E-state index contributed by atoms with van der Waals surface area (Å²) in [4.78, 5) is 10.7. The molecular formula is C26H24N4O2. The minimum Gasteiger partial charge on any atom is -0.370 e. The third-order valence-corrected chi connectivity index (χ3v) is 6.00. The summed E-state index contributed by atoms with van der Waals surface area (Å²) >= 11 is 0. The minimum atomic E-state index is -0.377. The van der Waals surface area contributed by atoms with Crippen LogP contribution in [0.5, 0.6) is 0 Å². The fraction of sp³-hybridized carbons (Fsp3) is 0.192. The van der Waals surface area contributed by atoms with Crippen LogP contribution in [0.3, 0.4) is 0 Å². The molecule has 0 saturated heterocycles. The van der Waals surface area contributed by atoms with E-state index >= 15 is 0 Å². The Morgan fingerprint density at radius 1 is 0.875 bits per heavy atom. The Morgan fingerprint density at radius 2 is 1.50 bits per heavy atom. The van der Waals surface area contributed by atoms with Gasteiger partial charge in [-0.25, -0.2) is 4.68 Å². The van der Waals surface area contributed by atoms with Gasteiger partial charge in [-0.2, -0.15) is 5.10 Å². The predicted octanol–water partition coefficient (Wildman–Crippen LogP) is 5.71. The highest BCUT2D eigenvalue weighted by Crippen LogP contribution is 2.38. The molecule has 2 heterocycles. The summed E-state index contributed by atoms with van der Waals surface area (Å²) in [6.07, 6.45) is 3.13. The molecule has 0 spiro atoms. The molecule has 1 N–H and O–H groups in total. The molecule has 0 unspecified atom stereocenters. The van der Waals surface area contributed by atoms with Crippen LogP contribution in [0.25, 0.3) is 5.69 Å². The number of hydrogen-bond acceptors (Lipinski definition) is 4. The molecule has 3 aromatic carbocycles. The van der Waals surface area contributed by atoms with Crippen molar-refractivity contribution in [3.63, 3.8) is 0 Å². The highest BCUT2D eigenvalue weighted by Gasteiger charge is 2.28. The van der Waals surface area contributed by atoms with Crippen LogP contribution < -0.4 is 5.32 Å². The molecule has 0 amide bonds. The Hall–Kier alpha value is -3.93. The largest absolute Gasteiger partial charge is 0.370 e. The van der Waals surface area contributed by atoms with Crippen molar-refractivity contribution in [2.75, 3.05) is 11.9 Å². The smallest absolute Gasteiger partial charge is 0.269 e. The maximum Gasteiger partial charge on any atom is 0.269 e. The van der Waals surface area contributed by atoms with Crippen molar-refractivity contribution in [1.29, 1.82) is 0 Å². The van der Waals surface area contributed by atoms with Crippen molar-refractivity contribution in [2.24, 2.45) is 0 Å². The summed E-state index contributed by atoms with van der Waals surface area (Å²) in [5.41, 5.74) is 5.53. The van der Waals surface area contributed by atoms with Crippen LogP contribution in [0.4, 0.5) is 11.5 Å². The molecule has 0 aliphatic carbocycles. The minimum absolute atomic E-state index is 0.00495. The SMILES string of the molecule is O=[N+]([O-])c1ccc(-n2nc(C(c3ccccc3)c3ccccc3)c3c2NCCCC3)cc1. The second-order valence-electron chi connectivity index (χ2n) is 8.04. The van der Waals surface area contributed by atoms with E-state index in [2.05, 4.69) is 53.8 Å². The van der Waals surface area contributed by atoms with Crippen LogP contribution in [0, 0.1) is 10.1 Å². The molecule has 1 aliphatic heterocycles.